The van der Waals surface area contributed by atoms with Crippen molar-refractivity contribution in [2.45, 2.75) is 19.9 Å². The largest absolute Gasteiger partial charge is 0.493 e. The van der Waals surface area contributed by atoms with Crippen LogP contribution in [0.15, 0.2) is 24.3 Å². The van der Waals surface area contributed by atoms with Crippen LogP contribution in [0.2, 0.25) is 0 Å². The van der Waals surface area contributed by atoms with E-state index in [2.05, 4.69) is 53.2 Å². The quantitative estimate of drug-likeness (QED) is 0.816. The lowest BCUT2D eigenvalue weighted by atomic mass is 10.0. The zero-order valence-corrected chi connectivity index (χ0v) is 15.7. The normalized spacial score (nSPS) is 21.4. The Bertz CT molecular complexity index is 494. The van der Waals surface area contributed by atoms with Crippen LogP contribution in [-0.4, -0.2) is 75.4 Å². The van der Waals surface area contributed by atoms with Gasteiger partial charge in [0, 0.05) is 51.9 Å². The summed E-state index contributed by atoms with van der Waals surface area (Å²) in [4.78, 5) is 5.16. The number of piperazine rings is 1. The van der Waals surface area contributed by atoms with Crippen LogP contribution in [0.25, 0.3) is 0 Å². The third-order valence-electron chi connectivity index (χ3n) is 4.98. The van der Waals surface area contributed by atoms with Crippen molar-refractivity contribution in [2.75, 3.05) is 65.6 Å². The SMILES string of the molecule is CC(C)COc1ccc(C(CN2CCOCC2)N2CCNCC2)cc1. The number of morpholine rings is 1. The third kappa shape index (κ3) is 5.68. The van der Waals surface area contributed by atoms with Gasteiger partial charge in [-0.25, -0.2) is 0 Å². The Balaban J connectivity index is 1.68. The molecule has 2 saturated heterocycles. The fraction of sp³-hybridized carbons (Fsp3) is 0.700. The molecule has 2 fully saturated rings. The Kier molecular flexibility index (Phi) is 7.11. The van der Waals surface area contributed by atoms with Crippen molar-refractivity contribution in [3.05, 3.63) is 29.8 Å². The summed E-state index contributed by atoms with van der Waals surface area (Å²) in [5.74, 6) is 1.53. The van der Waals surface area contributed by atoms with Crippen molar-refractivity contribution in [3.63, 3.8) is 0 Å². The van der Waals surface area contributed by atoms with Gasteiger partial charge >= 0.3 is 0 Å². The van der Waals surface area contributed by atoms with Crippen LogP contribution < -0.4 is 10.1 Å². The summed E-state index contributed by atoms with van der Waals surface area (Å²) in [5.41, 5.74) is 1.39. The number of benzene rings is 1. The first-order chi connectivity index (χ1) is 12.2. The van der Waals surface area contributed by atoms with Gasteiger partial charge in [-0.1, -0.05) is 26.0 Å². The Labute approximate surface area is 152 Å². The second kappa shape index (κ2) is 9.53. The Morgan fingerprint density at radius 2 is 1.72 bits per heavy atom. The first-order valence-electron chi connectivity index (χ1n) is 9.70. The van der Waals surface area contributed by atoms with Gasteiger partial charge in [-0.3, -0.25) is 9.80 Å². The van der Waals surface area contributed by atoms with E-state index in [4.69, 9.17) is 9.47 Å². The van der Waals surface area contributed by atoms with Crippen molar-refractivity contribution in [2.24, 2.45) is 5.92 Å². The summed E-state index contributed by atoms with van der Waals surface area (Å²) in [6.45, 7) is 14.4. The van der Waals surface area contributed by atoms with Crippen LogP contribution in [-0.2, 0) is 4.74 Å². The van der Waals surface area contributed by atoms with E-state index in [9.17, 15) is 0 Å². The highest BCUT2D eigenvalue weighted by Crippen LogP contribution is 2.25. The third-order valence-corrected chi connectivity index (χ3v) is 4.98. The monoisotopic (exact) mass is 347 g/mol. The average Bonchev–Trinajstić information content (AvgIpc) is 2.66. The molecule has 0 radical (unpaired) electrons. The smallest absolute Gasteiger partial charge is 0.119 e. The fourth-order valence-electron chi connectivity index (χ4n) is 3.50. The van der Waals surface area contributed by atoms with Gasteiger partial charge < -0.3 is 14.8 Å². The number of hydrogen-bond donors (Lipinski definition) is 1. The van der Waals surface area contributed by atoms with Gasteiger partial charge in [-0.2, -0.15) is 0 Å². The molecular formula is C20H33N3O2. The molecular weight excluding hydrogens is 314 g/mol. The highest BCUT2D eigenvalue weighted by atomic mass is 16.5. The van der Waals surface area contributed by atoms with Crippen molar-refractivity contribution >= 4 is 0 Å². The summed E-state index contributed by atoms with van der Waals surface area (Å²) >= 11 is 0. The summed E-state index contributed by atoms with van der Waals surface area (Å²) in [7, 11) is 0. The first-order valence-corrected chi connectivity index (χ1v) is 9.70. The van der Waals surface area contributed by atoms with Crippen LogP contribution in [0.5, 0.6) is 5.75 Å². The van der Waals surface area contributed by atoms with Crippen LogP contribution in [0.4, 0.5) is 0 Å². The molecule has 1 aromatic carbocycles. The summed E-state index contributed by atoms with van der Waals surface area (Å²) in [6, 6.07) is 9.21. The topological polar surface area (TPSA) is 37.0 Å². The second-order valence-electron chi connectivity index (χ2n) is 7.49. The van der Waals surface area contributed by atoms with Crippen LogP contribution in [0.1, 0.15) is 25.5 Å². The molecule has 0 bridgehead atoms. The minimum atomic E-state index is 0.444. The molecule has 3 rings (SSSR count). The number of ether oxygens (including phenoxy) is 2. The van der Waals surface area contributed by atoms with E-state index in [1.54, 1.807) is 0 Å². The molecule has 1 aromatic rings. The maximum Gasteiger partial charge on any atom is 0.119 e. The van der Waals surface area contributed by atoms with Gasteiger partial charge in [-0.15, -0.1) is 0 Å². The molecule has 1 N–H and O–H groups in total. The molecule has 140 valence electrons. The van der Waals surface area contributed by atoms with E-state index in [1.807, 2.05) is 0 Å². The number of hydrogen-bond acceptors (Lipinski definition) is 5. The highest BCUT2D eigenvalue weighted by Gasteiger charge is 2.25. The van der Waals surface area contributed by atoms with Crippen LogP contribution >= 0.6 is 0 Å². The Morgan fingerprint density at radius 1 is 1.04 bits per heavy atom. The summed E-state index contributed by atoms with van der Waals surface area (Å²) in [5, 5.41) is 3.47. The highest BCUT2D eigenvalue weighted by molar-refractivity contribution is 5.29. The lowest BCUT2D eigenvalue weighted by molar-refractivity contribution is 0.0206. The number of nitrogens with one attached hydrogen (secondary N) is 1. The molecule has 5 heteroatoms. The van der Waals surface area contributed by atoms with Crippen molar-refractivity contribution in [3.8, 4) is 5.75 Å². The Hall–Kier alpha value is -1.14. The predicted octanol–water partition coefficient (Wildman–Crippen LogP) is 2.00. The Morgan fingerprint density at radius 3 is 2.36 bits per heavy atom. The molecule has 0 spiro atoms. The molecule has 1 atom stereocenters. The zero-order valence-electron chi connectivity index (χ0n) is 15.7. The van der Waals surface area contributed by atoms with Gasteiger partial charge in [-0.05, 0) is 23.6 Å². The predicted molar refractivity (Wildman–Crippen MR) is 101 cm³/mol. The van der Waals surface area contributed by atoms with Gasteiger partial charge in [0.1, 0.15) is 5.75 Å². The molecule has 2 heterocycles. The van der Waals surface area contributed by atoms with Crippen molar-refractivity contribution < 1.29 is 9.47 Å². The van der Waals surface area contributed by atoms with Gasteiger partial charge in [0.15, 0.2) is 0 Å². The molecule has 2 aliphatic rings. The molecule has 25 heavy (non-hydrogen) atoms. The van der Waals surface area contributed by atoms with E-state index >= 15 is 0 Å². The van der Waals surface area contributed by atoms with E-state index in [0.29, 0.717) is 12.0 Å². The molecule has 1 unspecified atom stereocenters. The van der Waals surface area contributed by atoms with Gasteiger partial charge in [0.25, 0.3) is 0 Å². The van der Waals surface area contributed by atoms with Crippen molar-refractivity contribution in [1.82, 2.24) is 15.1 Å². The number of nitrogens with zero attached hydrogens (tertiary/aromatic N) is 2. The standard InChI is InChI=1S/C20H33N3O2/c1-17(2)16-25-19-5-3-18(4-6-19)20(23-9-7-21-8-10-23)15-22-11-13-24-14-12-22/h3-6,17,20-21H,7-16H2,1-2H3. The molecule has 0 saturated carbocycles. The first kappa shape index (κ1) is 18.6. The van der Waals surface area contributed by atoms with Crippen LogP contribution in [0, 0.1) is 5.92 Å². The maximum absolute atomic E-state index is 5.85. The molecule has 0 aliphatic carbocycles. The molecule has 2 aliphatic heterocycles. The van der Waals surface area contributed by atoms with Gasteiger partial charge in [0.2, 0.25) is 0 Å². The second-order valence-corrected chi connectivity index (χ2v) is 7.49. The molecule has 5 nitrogen and oxygen atoms in total. The fourth-order valence-corrected chi connectivity index (χ4v) is 3.50. The van der Waals surface area contributed by atoms with E-state index in [-0.39, 0.29) is 0 Å². The molecule has 0 amide bonds. The zero-order chi connectivity index (χ0) is 17.5. The number of rotatable bonds is 7. The molecule has 0 aromatic heterocycles. The van der Waals surface area contributed by atoms with Gasteiger partial charge in [0.05, 0.1) is 19.8 Å². The summed E-state index contributed by atoms with van der Waals surface area (Å²) in [6.07, 6.45) is 0. The minimum absolute atomic E-state index is 0.444. The summed E-state index contributed by atoms with van der Waals surface area (Å²) < 4.78 is 11.4. The van der Waals surface area contributed by atoms with E-state index in [0.717, 1.165) is 71.4 Å². The van der Waals surface area contributed by atoms with Crippen molar-refractivity contribution in [1.29, 1.82) is 0 Å². The van der Waals surface area contributed by atoms with E-state index in [1.165, 1.54) is 5.56 Å². The van der Waals surface area contributed by atoms with E-state index < -0.39 is 0 Å². The average molecular weight is 348 g/mol. The lowest BCUT2D eigenvalue weighted by Crippen LogP contribution is -2.49. The maximum atomic E-state index is 5.85. The lowest BCUT2D eigenvalue weighted by Gasteiger charge is -2.39. The van der Waals surface area contributed by atoms with Crippen LogP contribution in [0.3, 0.4) is 0 Å². The minimum Gasteiger partial charge on any atom is -0.493 e.